The second-order valence-electron chi connectivity index (χ2n) is 7.47. The minimum atomic E-state index is -0.0905. The molecule has 0 atom stereocenters. The van der Waals surface area contributed by atoms with Gasteiger partial charge in [-0.25, -0.2) is 0 Å². The Kier molecular flexibility index (Phi) is 10.4. The molecule has 2 N–H and O–H groups in total. The van der Waals surface area contributed by atoms with Gasteiger partial charge in [0, 0.05) is 57.0 Å². The molecule has 0 aromatic heterocycles. The number of piperidine rings is 1. The lowest BCUT2D eigenvalue weighted by Crippen LogP contribution is -2.41. The van der Waals surface area contributed by atoms with Crippen molar-refractivity contribution in [1.82, 2.24) is 10.2 Å². The smallest absolute Gasteiger partial charge is 0.225 e. The average Bonchev–Trinajstić information content (AvgIpc) is 2.80. The SMILES string of the molecule is COCCCNC(=O)C1CCN(CCC(=O)Nc2cc(OC)c(OC)c(OC)c2)CC1. The molecule has 9 nitrogen and oxygen atoms in total. The van der Waals surface area contributed by atoms with Gasteiger partial charge in [0.05, 0.1) is 21.3 Å². The summed E-state index contributed by atoms with van der Waals surface area (Å²) in [5, 5.41) is 5.86. The van der Waals surface area contributed by atoms with Crippen molar-refractivity contribution < 1.29 is 28.5 Å². The Morgan fingerprint density at radius 2 is 1.68 bits per heavy atom. The number of hydrogen-bond acceptors (Lipinski definition) is 7. The molecule has 9 heteroatoms. The highest BCUT2D eigenvalue weighted by Gasteiger charge is 2.25. The number of carbonyl (C=O) groups excluding carboxylic acids is 2. The molecule has 0 radical (unpaired) electrons. The van der Waals surface area contributed by atoms with E-state index in [1.54, 1.807) is 19.2 Å². The summed E-state index contributed by atoms with van der Waals surface area (Å²) in [4.78, 5) is 26.9. The summed E-state index contributed by atoms with van der Waals surface area (Å²) in [6.45, 7) is 3.57. The largest absolute Gasteiger partial charge is 0.493 e. The van der Waals surface area contributed by atoms with Gasteiger partial charge >= 0.3 is 0 Å². The number of anilines is 1. The average molecular weight is 438 g/mol. The van der Waals surface area contributed by atoms with Gasteiger partial charge in [-0.1, -0.05) is 0 Å². The lowest BCUT2D eigenvalue weighted by Gasteiger charge is -2.31. The minimum Gasteiger partial charge on any atom is -0.493 e. The topological polar surface area (TPSA) is 98.4 Å². The standard InChI is InChI=1S/C22H35N3O6/c1-28-13-5-9-23-22(27)16-6-10-25(11-7-16)12-8-20(26)24-17-14-18(29-2)21(31-4)19(15-17)30-3/h14-16H,5-13H2,1-4H3,(H,23,27)(H,24,26). The van der Waals surface area contributed by atoms with Crippen molar-refractivity contribution >= 4 is 17.5 Å². The van der Waals surface area contributed by atoms with E-state index in [2.05, 4.69) is 15.5 Å². The van der Waals surface area contributed by atoms with Crippen LogP contribution >= 0.6 is 0 Å². The quantitative estimate of drug-likeness (QED) is 0.482. The van der Waals surface area contributed by atoms with Gasteiger partial charge in [-0.15, -0.1) is 0 Å². The Balaban J connectivity index is 1.76. The first-order valence-corrected chi connectivity index (χ1v) is 10.6. The van der Waals surface area contributed by atoms with Crippen molar-refractivity contribution in [2.24, 2.45) is 5.92 Å². The summed E-state index contributed by atoms with van der Waals surface area (Å²) in [7, 11) is 6.26. The predicted octanol–water partition coefficient (Wildman–Crippen LogP) is 1.91. The second kappa shape index (κ2) is 13.0. The van der Waals surface area contributed by atoms with Crippen LogP contribution in [-0.2, 0) is 14.3 Å². The van der Waals surface area contributed by atoms with Crippen LogP contribution in [0.2, 0.25) is 0 Å². The third-order valence-electron chi connectivity index (χ3n) is 5.39. The van der Waals surface area contributed by atoms with Crippen molar-refractivity contribution in [2.45, 2.75) is 25.7 Å². The highest BCUT2D eigenvalue weighted by molar-refractivity contribution is 5.91. The second-order valence-corrected chi connectivity index (χ2v) is 7.47. The molecule has 1 aromatic carbocycles. The van der Waals surface area contributed by atoms with Crippen LogP contribution in [0.25, 0.3) is 0 Å². The Morgan fingerprint density at radius 1 is 1.03 bits per heavy atom. The number of amides is 2. The Labute approximate surface area is 184 Å². The molecule has 0 bridgehead atoms. The van der Waals surface area contributed by atoms with Gasteiger partial charge in [0.1, 0.15) is 0 Å². The third-order valence-corrected chi connectivity index (χ3v) is 5.39. The van der Waals surface area contributed by atoms with Crippen LogP contribution in [0, 0.1) is 5.92 Å². The summed E-state index contributed by atoms with van der Waals surface area (Å²) in [5.41, 5.74) is 0.586. The maximum Gasteiger partial charge on any atom is 0.225 e. The Hall–Kier alpha value is -2.52. The maximum atomic E-state index is 12.4. The van der Waals surface area contributed by atoms with Gasteiger partial charge < -0.3 is 34.5 Å². The molecule has 1 aliphatic rings. The number of benzene rings is 1. The summed E-state index contributed by atoms with van der Waals surface area (Å²) < 4.78 is 20.9. The number of hydrogen-bond donors (Lipinski definition) is 2. The zero-order valence-corrected chi connectivity index (χ0v) is 19.0. The molecule has 1 saturated heterocycles. The lowest BCUT2D eigenvalue weighted by molar-refractivity contribution is -0.126. The highest BCUT2D eigenvalue weighted by atomic mass is 16.5. The van der Waals surface area contributed by atoms with E-state index in [0.29, 0.717) is 49.1 Å². The molecule has 1 heterocycles. The van der Waals surface area contributed by atoms with E-state index in [0.717, 1.165) is 32.4 Å². The normalized spacial score (nSPS) is 14.7. The molecule has 1 fully saturated rings. The first-order valence-electron chi connectivity index (χ1n) is 10.6. The van der Waals surface area contributed by atoms with Gasteiger partial charge in [-0.2, -0.15) is 0 Å². The first-order chi connectivity index (χ1) is 15.0. The summed E-state index contributed by atoms with van der Waals surface area (Å²) in [6.07, 6.45) is 2.81. The van der Waals surface area contributed by atoms with E-state index >= 15 is 0 Å². The van der Waals surface area contributed by atoms with E-state index in [4.69, 9.17) is 18.9 Å². The molecule has 0 saturated carbocycles. The first kappa shape index (κ1) is 24.7. The Bertz CT molecular complexity index is 694. The fourth-order valence-electron chi connectivity index (χ4n) is 3.63. The zero-order valence-electron chi connectivity index (χ0n) is 19.0. The van der Waals surface area contributed by atoms with Crippen LogP contribution in [0.4, 0.5) is 5.69 Å². The van der Waals surface area contributed by atoms with Gasteiger partial charge in [0.25, 0.3) is 0 Å². The number of nitrogens with one attached hydrogen (secondary N) is 2. The molecule has 174 valence electrons. The summed E-state index contributed by atoms with van der Waals surface area (Å²) >= 11 is 0. The third kappa shape index (κ3) is 7.59. The van der Waals surface area contributed by atoms with Crippen molar-refractivity contribution in [2.75, 3.05) is 66.5 Å². The van der Waals surface area contributed by atoms with Crippen molar-refractivity contribution in [1.29, 1.82) is 0 Å². The van der Waals surface area contributed by atoms with Gasteiger partial charge in [0.15, 0.2) is 11.5 Å². The van der Waals surface area contributed by atoms with Crippen LogP contribution in [-0.4, -0.2) is 77.9 Å². The molecule has 2 rings (SSSR count). The molecular formula is C22H35N3O6. The van der Waals surface area contributed by atoms with Crippen molar-refractivity contribution in [3.63, 3.8) is 0 Å². The van der Waals surface area contributed by atoms with E-state index in [9.17, 15) is 9.59 Å². The van der Waals surface area contributed by atoms with Crippen molar-refractivity contribution in [3.05, 3.63) is 12.1 Å². The van der Waals surface area contributed by atoms with E-state index in [-0.39, 0.29) is 17.7 Å². The van der Waals surface area contributed by atoms with Crippen LogP contribution in [0.3, 0.4) is 0 Å². The minimum absolute atomic E-state index is 0.0480. The summed E-state index contributed by atoms with van der Waals surface area (Å²) in [6, 6.07) is 3.41. The molecule has 0 spiro atoms. The maximum absolute atomic E-state index is 12.4. The van der Waals surface area contributed by atoms with Crippen molar-refractivity contribution in [3.8, 4) is 17.2 Å². The number of rotatable bonds is 12. The monoisotopic (exact) mass is 437 g/mol. The zero-order chi connectivity index (χ0) is 22.6. The Morgan fingerprint density at radius 3 is 2.23 bits per heavy atom. The number of ether oxygens (including phenoxy) is 4. The van der Waals surface area contributed by atoms with Crippen LogP contribution in [0.1, 0.15) is 25.7 Å². The number of carbonyl (C=O) groups is 2. The van der Waals surface area contributed by atoms with Gasteiger partial charge in [-0.05, 0) is 32.4 Å². The van der Waals surface area contributed by atoms with Crippen LogP contribution in [0.5, 0.6) is 17.2 Å². The van der Waals surface area contributed by atoms with Gasteiger partial charge in [0.2, 0.25) is 17.6 Å². The number of nitrogens with zero attached hydrogens (tertiary/aromatic N) is 1. The van der Waals surface area contributed by atoms with Crippen LogP contribution < -0.4 is 24.8 Å². The molecule has 0 unspecified atom stereocenters. The predicted molar refractivity (Wildman–Crippen MR) is 118 cm³/mol. The fraction of sp³-hybridized carbons (Fsp3) is 0.636. The fourth-order valence-corrected chi connectivity index (χ4v) is 3.63. The molecule has 31 heavy (non-hydrogen) atoms. The van der Waals surface area contributed by atoms with E-state index in [1.807, 2.05) is 0 Å². The molecule has 2 amide bonds. The lowest BCUT2D eigenvalue weighted by atomic mass is 9.96. The summed E-state index contributed by atoms with van der Waals surface area (Å²) in [5.74, 6) is 1.53. The highest BCUT2D eigenvalue weighted by Crippen LogP contribution is 2.39. The molecule has 1 aromatic rings. The van der Waals surface area contributed by atoms with Gasteiger partial charge in [-0.3, -0.25) is 9.59 Å². The number of methoxy groups -OCH3 is 4. The van der Waals surface area contributed by atoms with Crippen LogP contribution in [0.15, 0.2) is 12.1 Å². The molecular weight excluding hydrogens is 402 g/mol. The number of likely N-dealkylation sites (tertiary alicyclic amines) is 1. The molecule has 1 aliphatic heterocycles. The molecule has 0 aliphatic carbocycles. The van der Waals surface area contributed by atoms with E-state index in [1.165, 1.54) is 21.3 Å². The van der Waals surface area contributed by atoms with E-state index < -0.39 is 0 Å².